The van der Waals surface area contributed by atoms with E-state index in [2.05, 4.69) is 10.6 Å². The van der Waals surface area contributed by atoms with Crippen molar-refractivity contribution in [2.45, 2.75) is 13.8 Å². The van der Waals surface area contributed by atoms with E-state index in [9.17, 15) is 14.4 Å². The fraction of sp³-hybridized carbons (Fsp3) is 0.190. The number of carbonyl (C=O) groups is 3. The van der Waals surface area contributed by atoms with Crippen LogP contribution in [0.1, 0.15) is 21.7 Å². The number of ether oxygens (including phenoxy) is 1. The molecule has 28 heavy (non-hydrogen) atoms. The fourth-order valence-electron chi connectivity index (χ4n) is 2.71. The average Bonchev–Trinajstić information content (AvgIpc) is 3.12. The minimum atomic E-state index is -0.744. The maximum absolute atomic E-state index is 12.0. The third-order valence-corrected chi connectivity index (χ3v) is 4.15. The minimum Gasteiger partial charge on any atom is -0.450 e. The van der Waals surface area contributed by atoms with Gasteiger partial charge in [-0.25, -0.2) is 4.79 Å². The minimum absolute atomic E-state index is 0.0155. The first-order chi connectivity index (χ1) is 13.4. The Bertz CT molecular complexity index is 985. The van der Waals surface area contributed by atoms with Crippen LogP contribution in [-0.4, -0.2) is 30.9 Å². The summed E-state index contributed by atoms with van der Waals surface area (Å²) in [6, 6.07) is 14.4. The van der Waals surface area contributed by atoms with Gasteiger partial charge in [-0.15, -0.1) is 0 Å². The highest BCUT2D eigenvalue weighted by molar-refractivity contribution is 5.97. The number of anilines is 1. The Morgan fingerprint density at radius 3 is 2.39 bits per heavy atom. The van der Waals surface area contributed by atoms with Gasteiger partial charge in [0.2, 0.25) is 11.7 Å². The number of fused-ring (bicyclic) bond motifs is 1. The Labute approximate surface area is 161 Å². The molecule has 2 N–H and O–H groups in total. The molecule has 3 aromatic rings. The van der Waals surface area contributed by atoms with E-state index < -0.39 is 18.5 Å². The van der Waals surface area contributed by atoms with Crippen LogP contribution in [0.15, 0.2) is 52.9 Å². The molecule has 0 unspecified atom stereocenters. The van der Waals surface area contributed by atoms with Gasteiger partial charge in [0.1, 0.15) is 5.58 Å². The quantitative estimate of drug-likeness (QED) is 0.641. The molecule has 0 spiro atoms. The summed E-state index contributed by atoms with van der Waals surface area (Å²) in [7, 11) is 0. The maximum Gasteiger partial charge on any atom is 0.374 e. The van der Waals surface area contributed by atoms with Crippen molar-refractivity contribution in [1.82, 2.24) is 5.32 Å². The second-order valence-electron chi connectivity index (χ2n) is 6.32. The van der Waals surface area contributed by atoms with Crippen LogP contribution in [-0.2, 0) is 14.3 Å². The van der Waals surface area contributed by atoms with Gasteiger partial charge in [0.05, 0.1) is 6.54 Å². The summed E-state index contributed by atoms with van der Waals surface area (Å²) in [5.41, 5.74) is 3.14. The molecule has 1 aromatic heterocycles. The van der Waals surface area contributed by atoms with Gasteiger partial charge < -0.3 is 19.8 Å². The van der Waals surface area contributed by atoms with Crippen molar-refractivity contribution < 1.29 is 23.5 Å². The zero-order valence-corrected chi connectivity index (χ0v) is 15.6. The highest BCUT2D eigenvalue weighted by atomic mass is 16.5. The number of amides is 2. The number of benzene rings is 2. The Balaban J connectivity index is 1.46. The summed E-state index contributed by atoms with van der Waals surface area (Å²) in [6.07, 6.45) is 0. The Morgan fingerprint density at radius 1 is 0.964 bits per heavy atom. The molecule has 1 heterocycles. The topological polar surface area (TPSA) is 97.6 Å². The first-order valence-corrected chi connectivity index (χ1v) is 8.72. The number of para-hydroxylation sites is 2. The van der Waals surface area contributed by atoms with E-state index in [0.29, 0.717) is 5.58 Å². The molecule has 0 fully saturated rings. The highest BCUT2D eigenvalue weighted by Gasteiger charge is 2.16. The maximum atomic E-state index is 12.0. The van der Waals surface area contributed by atoms with Crippen molar-refractivity contribution >= 4 is 34.4 Å². The predicted molar refractivity (Wildman–Crippen MR) is 104 cm³/mol. The molecule has 2 aromatic carbocycles. The van der Waals surface area contributed by atoms with E-state index in [0.717, 1.165) is 22.2 Å². The normalized spacial score (nSPS) is 10.5. The van der Waals surface area contributed by atoms with Crippen molar-refractivity contribution in [3.05, 3.63) is 65.4 Å². The van der Waals surface area contributed by atoms with E-state index in [1.807, 2.05) is 38.1 Å². The summed E-state index contributed by atoms with van der Waals surface area (Å²) in [5.74, 6) is -1.68. The van der Waals surface area contributed by atoms with Gasteiger partial charge in [-0.1, -0.05) is 36.4 Å². The first kappa shape index (κ1) is 19.2. The number of rotatable bonds is 6. The number of furan rings is 1. The van der Waals surface area contributed by atoms with E-state index >= 15 is 0 Å². The fourth-order valence-corrected chi connectivity index (χ4v) is 2.71. The number of nitrogens with one attached hydrogen (secondary N) is 2. The number of carbonyl (C=O) groups excluding carboxylic acids is 3. The molecule has 3 rings (SSSR count). The lowest BCUT2D eigenvalue weighted by molar-refractivity contribution is -0.126. The summed E-state index contributed by atoms with van der Waals surface area (Å²) >= 11 is 0. The number of aryl methyl sites for hydroxylation is 2. The molecule has 0 radical (unpaired) electrons. The molecule has 144 valence electrons. The van der Waals surface area contributed by atoms with Gasteiger partial charge in [0.15, 0.2) is 6.61 Å². The van der Waals surface area contributed by atoms with E-state index in [1.165, 1.54) is 0 Å². The van der Waals surface area contributed by atoms with Crippen molar-refractivity contribution in [3.8, 4) is 0 Å². The second-order valence-corrected chi connectivity index (χ2v) is 6.32. The van der Waals surface area contributed by atoms with Crippen LogP contribution in [0, 0.1) is 13.8 Å². The van der Waals surface area contributed by atoms with Crippen LogP contribution >= 0.6 is 0 Å². The Kier molecular flexibility index (Phi) is 5.74. The van der Waals surface area contributed by atoms with Gasteiger partial charge in [-0.2, -0.15) is 0 Å². The summed E-state index contributed by atoms with van der Waals surface area (Å²) in [6.45, 7) is 3.04. The SMILES string of the molecule is Cc1cccc(C)c1NC(=O)CNC(=O)COC(=O)c1cc2ccccc2o1. The lowest BCUT2D eigenvalue weighted by Gasteiger charge is -2.12. The molecule has 7 heteroatoms. The van der Waals surface area contributed by atoms with Crippen LogP contribution < -0.4 is 10.6 Å². The molecular formula is C21H20N2O5. The third-order valence-electron chi connectivity index (χ3n) is 4.15. The number of esters is 1. The van der Waals surface area contributed by atoms with Gasteiger partial charge in [0.25, 0.3) is 5.91 Å². The summed E-state index contributed by atoms with van der Waals surface area (Å²) in [4.78, 5) is 35.9. The standard InChI is InChI=1S/C21H20N2O5/c1-13-6-5-7-14(2)20(13)23-18(24)11-22-19(25)12-27-21(26)17-10-15-8-3-4-9-16(15)28-17/h3-10H,11-12H2,1-2H3,(H,22,25)(H,23,24). The highest BCUT2D eigenvalue weighted by Crippen LogP contribution is 2.20. The lowest BCUT2D eigenvalue weighted by Crippen LogP contribution is -2.35. The van der Waals surface area contributed by atoms with Crippen molar-refractivity contribution in [2.75, 3.05) is 18.5 Å². The second kappa shape index (κ2) is 8.39. The Morgan fingerprint density at radius 2 is 1.68 bits per heavy atom. The third kappa shape index (κ3) is 4.56. The molecule has 0 aliphatic rings. The zero-order valence-electron chi connectivity index (χ0n) is 15.6. The van der Waals surface area contributed by atoms with Crippen molar-refractivity contribution in [2.24, 2.45) is 0 Å². The lowest BCUT2D eigenvalue weighted by atomic mass is 10.1. The van der Waals surface area contributed by atoms with Gasteiger partial charge in [-0.05, 0) is 37.1 Å². The molecule has 0 saturated heterocycles. The predicted octanol–water partition coefficient (Wildman–Crippen LogP) is 2.96. The van der Waals surface area contributed by atoms with Crippen LogP contribution in [0.25, 0.3) is 11.0 Å². The Hall–Kier alpha value is -3.61. The van der Waals surface area contributed by atoms with Crippen molar-refractivity contribution in [1.29, 1.82) is 0 Å². The van der Waals surface area contributed by atoms with Crippen LogP contribution in [0.4, 0.5) is 5.69 Å². The summed E-state index contributed by atoms with van der Waals surface area (Å²) in [5, 5.41) is 5.95. The van der Waals surface area contributed by atoms with Gasteiger partial charge >= 0.3 is 5.97 Å². The van der Waals surface area contributed by atoms with Gasteiger partial charge in [-0.3, -0.25) is 9.59 Å². The summed E-state index contributed by atoms with van der Waals surface area (Å²) < 4.78 is 10.3. The number of hydrogen-bond donors (Lipinski definition) is 2. The smallest absolute Gasteiger partial charge is 0.374 e. The van der Waals surface area contributed by atoms with Crippen LogP contribution in [0.3, 0.4) is 0 Å². The molecule has 0 bridgehead atoms. The van der Waals surface area contributed by atoms with Crippen LogP contribution in [0.2, 0.25) is 0 Å². The zero-order chi connectivity index (χ0) is 20.1. The molecule has 2 amide bonds. The van der Waals surface area contributed by atoms with Crippen molar-refractivity contribution in [3.63, 3.8) is 0 Å². The number of hydrogen-bond acceptors (Lipinski definition) is 5. The molecule has 0 aliphatic heterocycles. The van der Waals surface area contributed by atoms with E-state index in [1.54, 1.807) is 24.3 Å². The molecule has 0 aliphatic carbocycles. The largest absolute Gasteiger partial charge is 0.450 e. The average molecular weight is 380 g/mol. The first-order valence-electron chi connectivity index (χ1n) is 8.72. The molecule has 0 atom stereocenters. The molecular weight excluding hydrogens is 360 g/mol. The molecule has 7 nitrogen and oxygen atoms in total. The van der Waals surface area contributed by atoms with E-state index in [-0.39, 0.29) is 18.2 Å². The monoisotopic (exact) mass is 380 g/mol. The molecule has 0 saturated carbocycles. The van der Waals surface area contributed by atoms with Crippen LogP contribution in [0.5, 0.6) is 0 Å². The van der Waals surface area contributed by atoms with E-state index in [4.69, 9.17) is 9.15 Å². The van der Waals surface area contributed by atoms with Gasteiger partial charge in [0, 0.05) is 11.1 Å².